The van der Waals surface area contributed by atoms with Gasteiger partial charge in [0.25, 0.3) is 5.91 Å². The molecule has 6 heteroatoms. The fourth-order valence-corrected chi connectivity index (χ4v) is 3.03. The number of carbonyl (C=O) groups is 2. The molecule has 5 nitrogen and oxygen atoms in total. The molecule has 1 atom stereocenters. The lowest BCUT2D eigenvalue weighted by molar-refractivity contribution is -0.137. The Labute approximate surface area is 138 Å². The summed E-state index contributed by atoms with van der Waals surface area (Å²) >= 11 is 3.36. The van der Waals surface area contributed by atoms with Crippen LogP contribution in [0.25, 0.3) is 0 Å². The minimum Gasteiger partial charge on any atom is -0.484 e. The summed E-state index contributed by atoms with van der Waals surface area (Å²) < 4.78 is 6.43. The number of carboxylic acid groups (broad SMARTS) is 1. The van der Waals surface area contributed by atoms with Gasteiger partial charge in [-0.15, -0.1) is 0 Å². The Kier molecular flexibility index (Phi) is 6.24. The molecule has 1 N–H and O–H groups in total. The summed E-state index contributed by atoms with van der Waals surface area (Å²) in [6.45, 7) is 1.38. The number of hydrogen-bond donors (Lipinski definition) is 1. The number of piperidine rings is 1. The van der Waals surface area contributed by atoms with Crippen LogP contribution in [0.15, 0.2) is 28.7 Å². The molecule has 0 bridgehead atoms. The van der Waals surface area contributed by atoms with Crippen LogP contribution in [0, 0.1) is 5.92 Å². The van der Waals surface area contributed by atoms with Crippen LogP contribution in [0.4, 0.5) is 0 Å². The van der Waals surface area contributed by atoms with Gasteiger partial charge in [0.1, 0.15) is 5.75 Å². The molecule has 120 valence electrons. The zero-order chi connectivity index (χ0) is 15.9. The number of amides is 1. The van der Waals surface area contributed by atoms with Gasteiger partial charge in [-0.1, -0.05) is 22.0 Å². The average molecular weight is 370 g/mol. The van der Waals surface area contributed by atoms with Crippen molar-refractivity contribution in [3.63, 3.8) is 0 Å². The Morgan fingerprint density at radius 2 is 2.23 bits per heavy atom. The minimum atomic E-state index is -0.776. The predicted octanol–water partition coefficient (Wildman–Crippen LogP) is 2.93. The predicted molar refractivity (Wildman–Crippen MR) is 85.8 cm³/mol. The number of likely N-dealkylation sites (tertiary alicyclic amines) is 1. The molecule has 0 aliphatic carbocycles. The van der Waals surface area contributed by atoms with Gasteiger partial charge < -0.3 is 14.7 Å². The second kappa shape index (κ2) is 8.17. The molecule has 1 heterocycles. The first-order chi connectivity index (χ1) is 10.5. The number of aliphatic carboxylic acids is 1. The maximum Gasteiger partial charge on any atom is 0.303 e. The van der Waals surface area contributed by atoms with Gasteiger partial charge in [-0.05, 0) is 43.4 Å². The number of ether oxygens (including phenoxy) is 1. The molecule has 1 aromatic rings. The Bertz CT molecular complexity index is 535. The topological polar surface area (TPSA) is 66.8 Å². The number of rotatable bonds is 6. The van der Waals surface area contributed by atoms with Crippen LogP contribution < -0.4 is 4.74 Å². The van der Waals surface area contributed by atoms with Crippen molar-refractivity contribution in [2.45, 2.75) is 25.7 Å². The van der Waals surface area contributed by atoms with Crippen molar-refractivity contribution in [1.29, 1.82) is 0 Å². The van der Waals surface area contributed by atoms with Crippen LogP contribution in [-0.4, -0.2) is 41.6 Å². The summed E-state index contributed by atoms with van der Waals surface area (Å²) in [5.74, 6) is 0.114. The SMILES string of the molecule is O=C(O)CCC1CCCN(C(=O)COc2cccc(Br)c2)C1. The number of carbonyl (C=O) groups excluding carboxylic acids is 1. The number of carboxylic acids is 1. The lowest BCUT2D eigenvalue weighted by Gasteiger charge is -2.32. The number of nitrogens with zero attached hydrogens (tertiary/aromatic N) is 1. The number of halogens is 1. The van der Waals surface area contributed by atoms with Crippen molar-refractivity contribution in [2.24, 2.45) is 5.92 Å². The van der Waals surface area contributed by atoms with Crippen molar-refractivity contribution in [3.8, 4) is 5.75 Å². The van der Waals surface area contributed by atoms with E-state index in [9.17, 15) is 9.59 Å². The average Bonchev–Trinajstić information content (AvgIpc) is 2.51. The fourth-order valence-electron chi connectivity index (χ4n) is 2.65. The van der Waals surface area contributed by atoms with Crippen molar-refractivity contribution >= 4 is 27.8 Å². The van der Waals surface area contributed by atoms with Crippen LogP contribution >= 0.6 is 15.9 Å². The molecule has 0 radical (unpaired) electrons. The smallest absolute Gasteiger partial charge is 0.303 e. The quantitative estimate of drug-likeness (QED) is 0.836. The Morgan fingerprint density at radius 1 is 1.41 bits per heavy atom. The third-order valence-electron chi connectivity index (χ3n) is 3.80. The Morgan fingerprint density at radius 3 is 2.95 bits per heavy atom. The molecule has 1 saturated heterocycles. The van der Waals surface area contributed by atoms with E-state index < -0.39 is 5.97 Å². The zero-order valence-electron chi connectivity index (χ0n) is 12.3. The first-order valence-corrected chi connectivity index (χ1v) is 8.22. The maximum absolute atomic E-state index is 12.2. The minimum absolute atomic E-state index is 0.0160. The van der Waals surface area contributed by atoms with Gasteiger partial charge in [-0.25, -0.2) is 0 Å². The highest BCUT2D eigenvalue weighted by molar-refractivity contribution is 9.10. The summed E-state index contributed by atoms with van der Waals surface area (Å²) in [5.41, 5.74) is 0. The van der Waals surface area contributed by atoms with Crippen molar-refractivity contribution < 1.29 is 19.4 Å². The van der Waals surface area contributed by atoms with E-state index in [1.807, 2.05) is 24.3 Å². The molecule has 1 amide bonds. The fraction of sp³-hybridized carbons (Fsp3) is 0.500. The highest BCUT2D eigenvalue weighted by Gasteiger charge is 2.24. The Hall–Kier alpha value is -1.56. The second-order valence-corrected chi connectivity index (χ2v) is 6.44. The Balaban J connectivity index is 1.80. The molecule has 2 rings (SSSR count). The summed E-state index contributed by atoms with van der Waals surface area (Å²) in [6.07, 6.45) is 2.71. The van der Waals surface area contributed by atoms with E-state index in [4.69, 9.17) is 9.84 Å². The van der Waals surface area contributed by atoms with Gasteiger partial charge in [0.05, 0.1) is 0 Å². The van der Waals surface area contributed by atoms with Gasteiger partial charge in [0.15, 0.2) is 6.61 Å². The molecule has 1 aliphatic heterocycles. The van der Waals surface area contributed by atoms with E-state index in [2.05, 4.69) is 15.9 Å². The van der Waals surface area contributed by atoms with Gasteiger partial charge in [-0.2, -0.15) is 0 Å². The van der Waals surface area contributed by atoms with Gasteiger partial charge in [-0.3, -0.25) is 9.59 Å². The first kappa shape index (κ1) is 16.8. The normalized spacial score (nSPS) is 18.0. The molecule has 0 saturated carbocycles. The summed E-state index contributed by atoms with van der Waals surface area (Å²) in [4.78, 5) is 24.6. The second-order valence-electron chi connectivity index (χ2n) is 5.53. The molecule has 22 heavy (non-hydrogen) atoms. The van der Waals surface area contributed by atoms with Crippen LogP contribution in [0.5, 0.6) is 5.75 Å². The van der Waals surface area contributed by atoms with E-state index in [1.54, 1.807) is 4.90 Å². The highest BCUT2D eigenvalue weighted by Crippen LogP contribution is 2.22. The summed E-state index contributed by atoms with van der Waals surface area (Å²) in [5, 5.41) is 8.75. The van der Waals surface area contributed by atoms with Crippen LogP contribution in [0.1, 0.15) is 25.7 Å². The molecule has 1 unspecified atom stereocenters. The summed E-state index contributed by atoms with van der Waals surface area (Å²) in [7, 11) is 0. The van der Waals surface area contributed by atoms with E-state index in [1.165, 1.54) is 0 Å². The van der Waals surface area contributed by atoms with E-state index in [0.717, 1.165) is 23.9 Å². The maximum atomic E-state index is 12.2. The van der Waals surface area contributed by atoms with E-state index in [0.29, 0.717) is 18.7 Å². The van der Waals surface area contributed by atoms with Crippen LogP contribution in [-0.2, 0) is 9.59 Å². The van der Waals surface area contributed by atoms with Gasteiger partial charge in [0, 0.05) is 24.0 Å². The van der Waals surface area contributed by atoms with Crippen LogP contribution in [0.2, 0.25) is 0 Å². The molecule has 1 aromatic carbocycles. The van der Waals surface area contributed by atoms with Crippen molar-refractivity contribution in [2.75, 3.05) is 19.7 Å². The third-order valence-corrected chi connectivity index (χ3v) is 4.29. The molecular formula is C16H20BrNO4. The molecular weight excluding hydrogens is 350 g/mol. The van der Waals surface area contributed by atoms with Crippen molar-refractivity contribution in [1.82, 2.24) is 4.90 Å². The van der Waals surface area contributed by atoms with E-state index in [-0.39, 0.29) is 24.9 Å². The number of hydrogen-bond acceptors (Lipinski definition) is 3. The van der Waals surface area contributed by atoms with Crippen LogP contribution in [0.3, 0.4) is 0 Å². The lowest BCUT2D eigenvalue weighted by Crippen LogP contribution is -2.42. The summed E-state index contributed by atoms with van der Waals surface area (Å²) in [6, 6.07) is 7.38. The van der Waals surface area contributed by atoms with E-state index >= 15 is 0 Å². The zero-order valence-corrected chi connectivity index (χ0v) is 13.9. The molecule has 1 aliphatic rings. The monoisotopic (exact) mass is 369 g/mol. The van der Waals surface area contributed by atoms with Gasteiger partial charge >= 0.3 is 5.97 Å². The first-order valence-electron chi connectivity index (χ1n) is 7.42. The molecule has 0 aromatic heterocycles. The number of benzene rings is 1. The van der Waals surface area contributed by atoms with Gasteiger partial charge in [0.2, 0.25) is 0 Å². The largest absolute Gasteiger partial charge is 0.484 e. The lowest BCUT2D eigenvalue weighted by atomic mass is 9.93. The molecule has 0 spiro atoms. The molecule has 1 fully saturated rings. The van der Waals surface area contributed by atoms with Crippen molar-refractivity contribution in [3.05, 3.63) is 28.7 Å². The highest BCUT2D eigenvalue weighted by atomic mass is 79.9. The third kappa shape index (κ3) is 5.33. The standard InChI is InChI=1S/C16H20BrNO4/c17-13-4-1-5-14(9-13)22-11-15(19)18-8-2-3-12(10-18)6-7-16(20)21/h1,4-5,9,12H,2-3,6-8,10-11H2,(H,20,21).